The van der Waals surface area contributed by atoms with Crippen molar-refractivity contribution in [2.75, 3.05) is 45.9 Å². The van der Waals surface area contributed by atoms with Crippen LogP contribution in [0.25, 0.3) is 0 Å². The smallest absolute Gasteiger partial charge is 0.409 e. The van der Waals surface area contributed by atoms with Crippen molar-refractivity contribution < 1.29 is 23.8 Å². The van der Waals surface area contributed by atoms with E-state index in [-0.39, 0.29) is 12.0 Å². The van der Waals surface area contributed by atoms with Crippen molar-refractivity contribution in [3.63, 3.8) is 0 Å². The van der Waals surface area contributed by atoms with Gasteiger partial charge in [-0.3, -0.25) is 9.69 Å². The molecule has 180 valence electrons. The van der Waals surface area contributed by atoms with Crippen molar-refractivity contribution in [2.24, 2.45) is 0 Å². The van der Waals surface area contributed by atoms with Crippen molar-refractivity contribution in [1.29, 1.82) is 0 Å². The predicted octanol–water partition coefficient (Wildman–Crippen LogP) is 2.69. The van der Waals surface area contributed by atoms with Crippen molar-refractivity contribution in [3.05, 3.63) is 59.2 Å². The first-order valence-corrected chi connectivity index (χ1v) is 12.0. The molecule has 1 saturated heterocycles. The van der Waals surface area contributed by atoms with Crippen molar-refractivity contribution >= 4 is 12.0 Å². The van der Waals surface area contributed by atoms with Gasteiger partial charge in [-0.2, -0.15) is 0 Å². The minimum absolute atomic E-state index is 0.00754. The molecule has 1 unspecified atom stereocenters. The highest BCUT2D eigenvalue weighted by Gasteiger charge is 2.33. The summed E-state index contributed by atoms with van der Waals surface area (Å²) in [6.07, 6.45) is -0.0990. The number of piperazine rings is 1. The van der Waals surface area contributed by atoms with Crippen molar-refractivity contribution in [1.82, 2.24) is 14.7 Å². The fourth-order valence-corrected chi connectivity index (χ4v) is 4.82. The molecule has 0 aliphatic carbocycles. The zero-order valence-electron chi connectivity index (χ0n) is 19.6. The van der Waals surface area contributed by atoms with Crippen LogP contribution in [-0.2, 0) is 29.0 Å². The zero-order valence-corrected chi connectivity index (χ0v) is 19.6. The fraction of sp³-hybridized carbons (Fsp3) is 0.462. The molecule has 2 amide bonds. The van der Waals surface area contributed by atoms with Crippen LogP contribution in [0, 0.1) is 0 Å². The van der Waals surface area contributed by atoms with E-state index < -0.39 is 6.10 Å². The molecule has 0 N–H and O–H groups in total. The average molecular weight is 466 g/mol. The molecule has 8 nitrogen and oxygen atoms in total. The van der Waals surface area contributed by atoms with Gasteiger partial charge in [0, 0.05) is 51.3 Å². The van der Waals surface area contributed by atoms with E-state index in [1.807, 2.05) is 42.2 Å². The summed E-state index contributed by atoms with van der Waals surface area (Å²) in [7, 11) is 0. The quantitative estimate of drug-likeness (QED) is 0.692. The summed E-state index contributed by atoms with van der Waals surface area (Å²) in [6, 6.07) is 14.1. The van der Waals surface area contributed by atoms with E-state index in [1.165, 1.54) is 5.56 Å². The molecule has 1 fully saturated rings. The average Bonchev–Trinajstić information content (AvgIpc) is 3.18. The van der Waals surface area contributed by atoms with Crippen LogP contribution in [-0.4, -0.2) is 78.7 Å². The van der Waals surface area contributed by atoms with Crippen molar-refractivity contribution in [3.8, 4) is 11.5 Å². The van der Waals surface area contributed by atoms with Gasteiger partial charge in [-0.25, -0.2) is 4.79 Å². The number of amides is 2. The van der Waals surface area contributed by atoms with Gasteiger partial charge in [0.05, 0.1) is 13.2 Å². The molecule has 8 heteroatoms. The third kappa shape index (κ3) is 4.82. The number of rotatable bonds is 4. The number of ether oxygens (including phenoxy) is 3. The number of para-hydroxylation sites is 1. The Morgan fingerprint density at radius 1 is 0.971 bits per heavy atom. The van der Waals surface area contributed by atoms with Gasteiger partial charge in [0.25, 0.3) is 5.91 Å². The summed E-state index contributed by atoms with van der Waals surface area (Å²) < 4.78 is 17.0. The van der Waals surface area contributed by atoms with E-state index in [0.29, 0.717) is 45.8 Å². The van der Waals surface area contributed by atoms with Gasteiger partial charge in [0.15, 0.2) is 6.10 Å². The second-order valence-electron chi connectivity index (χ2n) is 8.93. The second kappa shape index (κ2) is 9.93. The molecule has 5 rings (SSSR count). The number of carbonyl (C=O) groups excluding carboxylic acids is 2. The van der Waals surface area contributed by atoms with Gasteiger partial charge < -0.3 is 24.0 Å². The highest BCUT2D eigenvalue weighted by atomic mass is 16.6. The number of hydrogen-bond donors (Lipinski definition) is 0. The van der Waals surface area contributed by atoms with Crippen LogP contribution in [0.15, 0.2) is 42.5 Å². The van der Waals surface area contributed by atoms with Gasteiger partial charge in [-0.15, -0.1) is 0 Å². The number of fused-ring (bicyclic) bond motifs is 2. The van der Waals surface area contributed by atoms with Crippen LogP contribution in [0.5, 0.6) is 11.5 Å². The summed E-state index contributed by atoms with van der Waals surface area (Å²) in [5.41, 5.74) is 3.27. The molecule has 0 radical (unpaired) electrons. The van der Waals surface area contributed by atoms with Crippen LogP contribution in [0.4, 0.5) is 4.79 Å². The van der Waals surface area contributed by atoms with E-state index in [2.05, 4.69) is 17.0 Å². The SMILES string of the molecule is CCOC(=O)N1CCN(Cc2ccc3c(c2)CN(C(=O)C2Cc4ccccc4O2)CCO3)CC1. The van der Waals surface area contributed by atoms with Gasteiger partial charge in [0.1, 0.15) is 18.1 Å². The summed E-state index contributed by atoms with van der Waals surface area (Å²) in [5, 5.41) is 0. The lowest BCUT2D eigenvalue weighted by molar-refractivity contribution is -0.138. The number of carbonyl (C=O) groups is 2. The van der Waals surface area contributed by atoms with Gasteiger partial charge in [-0.1, -0.05) is 24.3 Å². The summed E-state index contributed by atoms with van der Waals surface area (Å²) >= 11 is 0. The van der Waals surface area contributed by atoms with E-state index in [1.54, 1.807) is 4.90 Å². The molecular weight excluding hydrogens is 434 g/mol. The number of hydrogen-bond acceptors (Lipinski definition) is 6. The van der Waals surface area contributed by atoms with Crippen LogP contribution in [0.2, 0.25) is 0 Å². The Morgan fingerprint density at radius 2 is 1.79 bits per heavy atom. The van der Waals surface area contributed by atoms with E-state index >= 15 is 0 Å². The second-order valence-corrected chi connectivity index (χ2v) is 8.93. The first kappa shape index (κ1) is 22.5. The molecule has 2 aromatic rings. The highest BCUT2D eigenvalue weighted by molar-refractivity contribution is 5.82. The molecule has 3 heterocycles. The molecule has 0 aromatic heterocycles. The molecule has 3 aliphatic heterocycles. The predicted molar refractivity (Wildman–Crippen MR) is 126 cm³/mol. The topological polar surface area (TPSA) is 71.6 Å². The standard InChI is InChI=1S/C26H31N3O5/c1-2-32-26(31)28-11-9-27(10-12-28)17-19-7-8-22-21(15-19)18-29(13-14-33-22)25(30)24-16-20-5-3-4-6-23(20)34-24/h3-8,15,24H,2,9-14,16-18H2,1H3. The van der Waals surface area contributed by atoms with E-state index in [0.717, 1.165) is 42.3 Å². The minimum Gasteiger partial charge on any atom is -0.491 e. The maximum absolute atomic E-state index is 13.3. The Morgan fingerprint density at radius 3 is 2.59 bits per heavy atom. The summed E-state index contributed by atoms with van der Waals surface area (Å²) in [5.74, 6) is 1.65. The lowest BCUT2D eigenvalue weighted by atomic mass is 10.1. The molecule has 1 atom stereocenters. The first-order valence-electron chi connectivity index (χ1n) is 12.0. The lowest BCUT2D eigenvalue weighted by Crippen LogP contribution is -2.48. The normalized spacial score (nSPS) is 20.0. The minimum atomic E-state index is -0.474. The Kier molecular flexibility index (Phi) is 6.58. The largest absolute Gasteiger partial charge is 0.491 e. The van der Waals surface area contributed by atoms with Crippen LogP contribution < -0.4 is 9.47 Å². The highest BCUT2D eigenvalue weighted by Crippen LogP contribution is 2.31. The van der Waals surface area contributed by atoms with Gasteiger partial charge in [-0.05, 0) is 36.2 Å². The van der Waals surface area contributed by atoms with Crippen LogP contribution >= 0.6 is 0 Å². The molecule has 0 bridgehead atoms. The Balaban J connectivity index is 1.21. The zero-order chi connectivity index (χ0) is 23.5. The molecule has 2 aromatic carbocycles. The molecule has 0 spiro atoms. The molecule has 0 saturated carbocycles. The summed E-state index contributed by atoms with van der Waals surface area (Å²) in [6.45, 7) is 7.46. The van der Waals surface area contributed by atoms with Crippen LogP contribution in [0.3, 0.4) is 0 Å². The Bertz CT molecular complexity index is 1030. The molecular formula is C26H31N3O5. The Hall–Kier alpha value is -3.26. The van der Waals surface area contributed by atoms with Gasteiger partial charge in [0.2, 0.25) is 0 Å². The lowest BCUT2D eigenvalue weighted by Gasteiger charge is -2.34. The number of benzene rings is 2. The Labute approximate surface area is 200 Å². The van der Waals surface area contributed by atoms with Gasteiger partial charge >= 0.3 is 6.09 Å². The monoisotopic (exact) mass is 465 g/mol. The molecule has 34 heavy (non-hydrogen) atoms. The number of nitrogens with zero attached hydrogens (tertiary/aromatic N) is 3. The first-order chi connectivity index (χ1) is 16.6. The fourth-order valence-electron chi connectivity index (χ4n) is 4.82. The van der Waals surface area contributed by atoms with E-state index in [9.17, 15) is 9.59 Å². The van der Waals surface area contributed by atoms with Crippen LogP contribution in [0.1, 0.15) is 23.6 Å². The molecule has 3 aliphatic rings. The maximum Gasteiger partial charge on any atom is 0.409 e. The van der Waals surface area contributed by atoms with Crippen molar-refractivity contribution in [2.45, 2.75) is 32.5 Å². The third-order valence-corrected chi connectivity index (χ3v) is 6.64. The third-order valence-electron chi connectivity index (χ3n) is 6.64. The van der Waals surface area contributed by atoms with E-state index in [4.69, 9.17) is 14.2 Å². The maximum atomic E-state index is 13.3. The summed E-state index contributed by atoms with van der Waals surface area (Å²) in [4.78, 5) is 31.1.